The van der Waals surface area contributed by atoms with E-state index in [9.17, 15) is 5.11 Å². The van der Waals surface area contributed by atoms with Crippen molar-refractivity contribution < 1.29 is 9.84 Å². The van der Waals surface area contributed by atoms with Crippen LogP contribution in [0, 0.1) is 0 Å². The van der Waals surface area contributed by atoms with Gasteiger partial charge in [0.05, 0.1) is 23.8 Å². The first kappa shape index (κ1) is 16.5. The Morgan fingerprint density at radius 1 is 1.33 bits per heavy atom. The molecule has 2 heterocycles. The van der Waals surface area contributed by atoms with Crippen LogP contribution in [-0.4, -0.2) is 66.5 Å². The lowest BCUT2D eigenvalue weighted by atomic mass is 10.2. The van der Waals surface area contributed by atoms with Gasteiger partial charge < -0.3 is 14.7 Å². The number of nitrogens with zero attached hydrogens (tertiary/aromatic N) is 3. The molecule has 1 aromatic heterocycles. The molecule has 21 heavy (non-hydrogen) atoms. The Morgan fingerprint density at radius 2 is 2.05 bits per heavy atom. The van der Waals surface area contributed by atoms with Gasteiger partial charge in [0.15, 0.2) is 0 Å². The maximum atomic E-state index is 9.96. The quantitative estimate of drug-likeness (QED) is 0.865. The van der Waals surface area contributed by atoms with Crippen molar-refractivity contribution in [2.45, 2.75) is 26.1 Å². The Morgan fingerprint density at radius 3 is 2.67 bits per heavy atom. The largest absolute Gasteiger partial charge is 0.389 e. The minimum atomic E-state index is -0.433. The fraction of sp³-hybridized carbons (Fsp3) is 0.667. The van der Waals surface area contributed by atoms with Crippen LogP contribution in [0.4, 0.5) is 5.82 Å². The highest BCUT2D eigenvalue weighted by Gasteiger charge is 2.21. The highest BCUT2D eigenvalue weighted by molar-refractivity contribution is 6.32. The summed E-state index contributed by atoms with van der Waals surface area (Å²) in [6.07, 6.45) is 1.49. The molecule has 0 bridgehead atoms. The summed E-state index contributed by atoms with van der Waals surface area (Å²) >= 11 is 6.17. The van der Waals surface area contributed by atoms with Crippen LogP contribution < -0.4 is 4.90 Å². The second-order valence-electron chi connectivity index (χ2n) is 5.63. The average Bonchev–Trinajstić information content (AvgIpc) is 2.47. The van der Waals surface area contributed by atoms with E-state index >= 15 is 0 Å². The molecule has 1 atom stereocenters. The lowest BCUT2D eigenvalue weighted by molar-refractivity contribution is -0.00900. The van der Waals surface area contributed by atoms with E-state index in [0.717, 1.165) is 32.0 Å². The summed E-state index contributed by atoms with van der Waals surface area (Å²) in [6.45, 7) is 8.52. The van der Waals surface area contributed by atoms with Gasteiger partial charge in [-0.05, 0) is 26.0 Å². The van der Waals surface area contributed by atoms with Gasteiger partial charge in [-0.3, -0.25) is 4.90 Å². The molecule has 2 rings (SSSR count). The molecule has 1 aliphatic rings. The monoisotopic (exact) mass is 313 g/mol. The number of pyridine rings is 1. The molecule has 118 valence electrons. The molecule has 0 aromatic carbocycles. The summed E-state index contributed by atoms with van der Waals surface area (Å²) in [5, 5.41) is 10.7. The normalized spacial score (nSPS) is 18.2. The third-order valence-electron chi connectivity index (χ3n) is 3.50. The molecule has 1 fully saturated rings. The Hall–Kier alpha value is -0.880. The SMILES string of the molecule is CC(C)OCC(O)CN1CCN(c2ncccc2Cl)CC1. The summed E-state index contributed by atoms with van der Waals surface area (Å²) in [5.41, 5.74) is 0. The van der Waals surface area contributed by atoms with E-state index in [2.05, 4.69) is 14.8 Å². The van der Waals surface area contributed by atoms with E-state index in [-0.39, 0.29) is 6.10 Å². The van der Waals surface area contributed by atoms with Gasteiger partial charge in [0.1, 0.15) is 5.82 Å². The van der Waals surface area contributed by atoms with Crippen molar-refractivity contribution in [1.82, 2.24) is 9.88 Å². The third kappa shape index (κ3) is 5.11. The lowest BCUT2D eigenvalue weighted by Gasteiger charge is -2.36. The summed E-state index contributed by atoms with van der Waals surface area (Å²) in [5.74, 6) is 0.850. The number of ether oxygens (including phenoxy) is 1. The van der Waals surface area contributed by atoms with Gasteiger partial charge in [0.2, 0.25) is 0 Å². The average molecular weight is 314 g/mol. The molecule has 0 aliphatic carbocycles. The van der Waals surface area contributed by atoms with Gasteiger partial charge in [-0.15, -0.1) is 0 Å². The predicted octanol–water partition coefficient (Wildman–Crippen LogP) is 1.64. The number of aliphatic hydroxyl groups excluding tert-OH is 1. The van der Waals surface area contributed by atoms with Gasteiger partial charge in [-0.25, -0.2) is 4.98 Å². The molecule has 1 unspecified atom stereocenters. The van der Waals surface area contributed by atoms with E-state index in [1.165, 1.54) is 0 Å². The zero-order chi connectivity index (χ0) is 15.2. The first-order valence-corrected chi connectivity index (χ1v) is 7.81. The topological polar surface area (TPSA) is 48.8 Å². The molecule has 1 saturated heterocycles. The molecule has 1 aromatic rings. The van der Waals surface area contributed by atoms with Crippen LogP contribution >= 0.6 is 11.6 Å². The van der Waals surface area contributed by atoms with Gasteiger partial charge in [-0.2, -0.15) is 0 Å². The zero-order valence-corrected chi connectivity index (χ0v) is 13.5. The number of halogens is 1. The van der Waals surface area contributed by atoms with Crippen LogP contribution in [0.15, 0.2) is 18.3 Å². The number of aliphatic hydroxyl groups is 1. The fourth-order valence-corrected chi connectivity index (χ4v) is 2.65. The second kappa shape index (κ2) is 7.94. The molecular formula is C15H24ClN3O2. The van der Waals surface area contributed by atoms with Gasteiger partial charge in [0.25, 0.3) is 0 Å². The molecule has 1 aliphatic heterocycles. The van der Waals surface area contributed by atoms with E-state index < -0.39 is 6.10 Å². The summed E-state index contributed by atoms with van der Waals surface area (Å²) in [6, 6.07) is 3.70. The van der Waals surface area contributed by atoms with Crippen molar-refractivity contribution in [1.29, 1.82) is 0 Å². The van der Waals surface area contributed by atoms with E-state index in [1.54, 1.807) is 6.20 Å². The van der Waals surface area contributed by atoms with Gasteiger partial charge >= 0.3 is 0 Å². The molecule has 0 saturated carbocycles. The summed E-state index contributed by atoms with van der Waals surface area (Å²) in [4.78, 5) is 8.78. The van der Waals surface area contributed by atoms with Crippen molar-refractivity contribution in [2.75, 3.05) is 44.2 Å². The Kier molecular flexibility index (Phi) is 6.23. The van der Waals surface area contributed by atoms with Gasteiger partial charge in [-0.1, -0.05) is 11.6 Å². The smallest absolute Gasteiger partial charge is 0.147 e. The second-order valence-corrected chi connectivity index (χ2v) is 6.04. The molecule has 0 spiro atoms. The standard InChI is InChI=1S/C15H24ClN3O2/c1-12(2)21-11-13(20)10-18-6-8-19(9-7-18)15-14(16)4-3-5-17-15/h3-5,12-13,20H,6-11H2,1-2H3. The zero-order valence-electron chi connectivity index (χ0n) is 12.7. The number of aromatic nitrogens is 1. The van der Waals surface area contributed by atoms with Crippen LogP contribution in [-0.2, 0) is 4.74 Å². The maximum absolute atomic E-state index is 9.96. The highest BCUT2D eigenvalue weighted by Crippen LogP contribution is 2.23. The Labute approximate surface area is 131 Å². The Balaban J connectivity index is 1.77. The molecule has 0 radical (unpaired) electrons. The fourth-order valence-electron chi connectivity index (χ4n) is 2.41. The first-order chi connectivity index (χ1) is 10.1. The molecule has 0 amide bonds. The maximum Gasteiger partial charge on any atom is 0.147 e. The highest BCUT2D eigenvalue weighted by atomic mass is 35.5. The number of anilines is 1. The third-order valence-corrected chi connectivity index (χ3v) is 3.80. The number of piperazine rings is 1. The van der Waals surface area contributed by atoms with Crippen molar-refractivity contribution in [3.63, 3.8) is 0 Å². The summed E-state index contributed by atoms with van der Waals surface area (Å²) in [7, 11) is 0. The van der Waals surface area contributed by atoms with Crippen molar-refractivity contribution >= 4 is 17.4 Å². The van der Waals surface area contributed by atoms with Crippen LogP contribution in [0.2, 0.25) is 5.02 Å². The van der Waals surface area contributed by atoms with Crippen molar-refractivity contribution in [3.8, 4) is 0 Å². The van der Waals surface area contributed by atoms with E-state index in [4.69, 9.17) is 16.3 Å². The molecule has 5 nitrogen and oxygen atoms in total. The minimum absolute atomic E-state index is 0.155. The van der Waals surface area contributed by atoms with E-state index in [1.807, 2.05) is 26.0 Å². The molecule has 1 N–H and O–H groups in total. The molecule has 6 heteroatoms. The first-order valence-electron chi connectivity index (χ1n) is 7.43. The number of hydrogen-bond acceptors (Lipinski definition) is 5. The predicted molar refractivity (Wildman–Crippen MR) is 85.0 cm³/mol. The van der Waals surface area contributed by atoms with Crippen molar-refractivity contribution in [2.24, 2.45) is 0 Å². The van der Waals surface area contributed by atoms with Crippen LogP contribution in [0.5, 0.6) is 0 Å². The number of β-amino-alcohol motifs (C(OH)–C–C–N with tert-alkyl or cyclic N) is 1. The Bertz CT molecular complexity index is 437. The number of hydrogen-bond donors (Lipinski definition) is 1. The van der Waals surface area contributed by atoms with Crippen LogP contribution in [0.1, 0.15) is 13.8 Å². The van der Waals surface area contributed by atoms with Crippen LogP contribution in [0.3, 0.4) is 0 Å². The summed E-state index contributed by atoms with van der Waals surface area (Å²) < 4.78 is 5.44. The molecular weight excluding hydrogens is 290 g/mol. The van der Waals surface area contributed by atoms with Gasteiger partial charge in [0, 0.05) is 38.9 Å². The van der Waals surface area contributed by atoms with Crippen LogP contribution in [0.25, 0.3) is 0 Å². The van der Waals surface area contributed by atoms with E-state index in [0.29, 0.717) is 18.2 Å². The van der Waals surface area contributed by atoms with Crippen molar-refractivity contribution in [3.05, 3.63) is 23.4 Å². The lowest BCUT2D eigenvalue weighted by Crippen LogP contribution is -2.49. The minimum Gasteiger partial charge on any atom is -0.389 e. The number of rotatable bonds is 6.